The summed E-state index contributed by atoms with van der Waals surface area (Å²) in [7, 11) is 0. The number of benzene rings is 2. The standard InChI is InChI=1S/C12H8INO3/c13-11-7-9(14(16)17)6-10(12(11)15)8-4-2-1-3-5-8/h1-7,15H. The van der Waals surface area contributed by atoms with Gasteiger partial charge in [-0.2, -0.15) is 0 Å². The minimum absolute atomic E-state index is 0.0222. The highest BCUT2D eigenvalue weighted by atomic mass is 127. The molecule has 1 N–H and O–H groups in total. The van der Waals surface area contributed by atoms with Gasteiger partial charge in [0, 0.05) is 17.7 Å². The van der Waals surface area contributed by atoms with E-state index in [1.54, 1.807) is 12.1 Å². The fourth-order valence-corrected chi connectivity index (χ4v) is 2.14. The van der Waals surface area contributed by atoms with Gasteiger partial charge in [0.15, 0.2) is 0 Å². The molecule has 86 valence electrons. The number of nitro benzene ring substituents is 1. The Kier molecular flexibility index (Phi) is 3.28. The van der Waals surface area contributed by atoms with Gasteiger partial charge < -0.3 is 5.11 Å². The second-order valence-corrected chi connectivity index (χ2v) is 4.61. The van der Waals surface area contributed by atoms with Crippen molar-refractivity contribution >= 4 is 28.3 Å². The summed E-state index contributed by atoms with van der Waals surface area (Å²) in [6.07, 6.45) is 0. The summed E-state index contributed by atoms with van der Waals surface area (Å²) < 4.78 is 0.468. The molecule has 2 aromatic carbocycles. The first kappa shape index (κ1) is 11.8. The number of nitro groups is 1. The maximum absolute atomic E-state index is 10.8. The van der Waals surface area contributed by atoms with Crippen LogP contribution in [0.15, 0.2) is 42.5 Å². The van der Waals surface area contributed by atoms with Crippen molar-refractivity contribution < 1.29 is 10.0 Å². The summed E-state index contributed by atoms with van der Waals surface area (Å²) in [5.41, 5.74) is 1.21. The van der Waals surface area contributed by atoms with Crippen molar-refractivity contribution in [3.8, 4) is 16.9 Å². The number of nitrogens with zero attached hydrogens (tertiary/aromatic N) is 1. The lowest BCUT2D eigenvalue weighted by Crippen LogP contribution is -1.91. The first-order chi connectivity index (χ1) is 8.09. The number of non-ortho nitro benzene ring substituents is 1. The van der Waals surface area contributed by atoms with Crippen LogP contribution in [-0.4, -0.2) is 10.0 Å². The van der Waals surface area contributed by atoms with Gasteiger partial charge in [0.1, 0.15) is 5.75 Å². The largest absolute Gasteiger partial charge is 0.506 e. The molecule has 0 bridgehead atoms. The molecule has 0 unspecified atom stereocenters. The van der Waals surface area contributed by atoms with Gasteiger partial charge in [0.25, 0.3) is 5.69 Å². The lowest BCUT2D eigenvalue weighted by Gasteiger charge is -2.06. The molecular weight excluding hydrogens is 333 g/mol. The van der Waals surface area contributed by atoms with Gasteiger partial charge in [-0.1, -0.05) is 30.3 Å². The molecule has 17 heavy (non-hydrogen) atoms. The summed E-state index contributed by atoms with van der Waals surface area (Å²) in [4.78, 5) is 10.3. The summed E-state index contributed by atoms with van der Waals surface area (Å²) in [5, 5.41) is 20.7. The van der Waals surface area contributed by atoms with E-state index in [4.69, 9.17) is 0 Å². The Hall–Kier alpha value is -1.63. The highest BCUT2D eigenvalue weighted by molar-refractivity contribution is 14.1. The van der Waals surface area contributed by atoms with Crippen molar-refractivity contribution in [2.24, 2.45) is 0 Å². The van der Waals surface area contributed by atoms with E-state index in [0.29, 0.717) is 9.13 Å². The maximum atomic E-state index is 10.8. The van der Waals surface area contributed by atoms with E-state index in [1.165, 1.54) is 12.1 Å². The topological polar surface area (TPSA) is 63.4 Å². The minimum atomic E-state index is -0.464. The number of hydrogen-bond donors (Lipinski definition) is 1. The number of aromatic hydroxyl groups is 1. The quantitative estimate of drug-likeness (QED) is 0.516. The SMILES string of the molecule is O=[N+]([O-])c1cc(I)c(O)c(-c2ccccc2)c1. The number of rotatable bonds is 2. The Bertz CT molecular complexity index is 569. The second kappa shape index (κ2) is 4.70. The normalized spacial score (nSPS) is 10.2. The Morgan fingerprint density at radius 3 is 2.41 bits per heavy atom. The van der Waals surface area contributed by atoms with Gasteiger partial charge in [0.05, 0.1) is 8.49 Å². The molecule has 0 atom stereocenters. The van der Waals surface area contributed by atoms with Gasteiger partial charge in [-0.25, -0.2) is 0 Å². The van der Waals surface area contributed by atoms with Crippen molar-refractivity contribution in [3.05, 3.63) is 56.1 Å². The third kappa shape index (κ3) is 2.38. The highest BCUT2D eigenvalue weighted by Crippen LogP contribution is 2.36. The predicted molar refractivity (Wildman–Crippen MR) is 72.9 cm³/mol. The smallest absolute Gasteiger partial charge is 0.271 e. The Morgan fingerprint density at radius 1 is 1.18 bits per heavy atom. The number of halogens is 1. The predicted octanol–water partition coefficient (Wildman–Crippen LogP) is 3.57. The van der Waals surface area contributed by atoms with Crippen LogP contribution in [0.4, 0.5) is 5.69 Å². The lowest BCUT2D eigenvalue weighted by atomic mass is 10.0. The van der Waals surface area contributed by atoms with Crippen molar-refractivity contribution in [1.82, 2.24) is 0 Å². The first-order valence-corrected chi connectivity index (χ1v) is 5.90. The minimum Gasteiger partial charge on any atom is -0.506 e. The van der Waals surface area contributed by atoms with E-state index in [9.17, 15) is 15.2 Å². The van der Waals surface area contributed by atoms with E-state index < -0.39 is 4.92 Å². The Balaban J connectivity index is 2.65. The van der Waals surface area contributed by atoms with Crippen LogP contribution in [0.1, 0.15) is 0 Å². The van der Waals surface area contributed by atoms with Crippen LogP contribution >= 0.6 is 22.6 Å². The summed E-state index contributed by atoms with van der Waals surface area (Å²) in [6.45, 7) is 0. The van der Waals surface area contributed by atoms with Gasteiger partial charge in [-0.15, -0.1) is 0 Å². The third-order valence-electron chi connectivity index (χ3n) is 2.34. The molecular formula is C12H8INO3. The molecule has 0 aliphatic carbocycles. The van der Waals surface area contributed by atoms with Crippen molar-refractivity contribution in [2.45, 2.75) is 0 Å². The molecule has 0 aliphatic heterocycles. The Morgan fingerprint density at radius 2 is 1.82 bits per heavy atom. The van der Waals surface area contributed by atoms with Gasteiger partial charge >= 0.3 is 0 Å². The molecule has 0 saturated carbocycles. The molecule has 0 spiro atoms. The molecule has 0 saturated heterocycles. The third-order valence-corrected chi connectivity index (χ3v) is 3.17. The number of phenolic OH excluding ortho intramolecular Hbond substituents is 1. The number of phenols is 1. The molecule has 4 nitrogen and oxygen atoms in total. The molecule has 2 aromatic rings. The van der Waals surface area contributed by atoms with E-state index in [2.05, 4.69) is 0 Å². The van der Waals surface area contributed by atoms with Gasteiger partial charge in [-0.05, 0) is 28.2 Å². The van der Waals surface area contributed by atoms with Crippen LogP contribution in [0, 0.1) is 13.7 Å². The fraction of sp³-hybridized carbons (Fsp3) is 0. The van der Waals surface area contributed by atoms with E-state index in [0.717, 1.165) is 5.56 Å². The van der Waals surface area contributed by atoms with Crippen molar-refractivity contribution in [2.75, 3.05) is 0 Å². The maximum Gasteiger partial charge on any atom is 0.271 e. The zero-order valence-electron chi connectivity index (χ0n) is 8.63. The van der Waals surface area contributed by atoms with Crippen LogP contribution in [-0.2, 0) is 0 Å². The van der Waals surface area contributed by atoms with Gasteiger partial charge in [0.2, 0.25) is 0 Å². The second-order valence-electron chi connectivity index (χ2n) is 3.45. The van der Waals surface area contributed by atoms with Crippen LogP contribution in [0.3, 0.4) is 0 Å². The monoisotopic (exact) mass is 341 g/mol. The summed E-state index contributed by atoms with van der Waals surface area (Å²) >= 11 is 1.88. The number of hydrogen-bond acceptors (Lipinski definition) is 3. The molecule has 5 heteroatoms. The summed E-state index contributed by atoms with van der Waals surface area (Å²) in [5.74, 6) is 0.0717. The average molecular weight is 341 g/mol. The van der Waals surface area contributed by atoms with E-state index in [-0.39, 0.29) is 11.4 Å². The average Bonchev–Trinajstić information content (AvgIpc) is 2.33. The van der Waals surface area contributed by atoms with Crippen LogP contribution in [0.2, 0.25) is 0 Å². The molecule has 0 fully saturated rings. The van der Waals surface area contributed by atoms with E-state index >= 15 is 0 Å². The molecule has 0 aromatic heterocycles. The highest BCUT2D eigenvalue weighted by Gasteiger charge is 2.15. The van der Waals surface area contributed by atoms with Crippen LogP contribution < -0.4 is 0 Å². The zero-order chi connectivity index (χ0) is 12.4. The zero-order valence-corrected chi connectivity index (χ0v) is 10.8. The van der Waals surface area contributed by atoms with Crippen LogP contribution in [0.5, 0.6) is 5.75 Å². The molecule has 0 amide bonds. The van der Waals surface area contributed by atoms with Crippen molar-refractivity contribution in [3.63, 3.8) is 0 Å². The fourth-order valence-electron chi connectivity index (χ4n) is 1.53. The van der Waals surface area contributed by atoms with E-state index in [1.807, 2.05) is 40.8 Å². The molecule has 0 radical (unpaired) electrons. The first-order valence-electron chi connectivity index (χ1n) is 4.82. The summed E-state index contributed by atoms with van der Waals surface area (Å²) in [6, 6.07) is 11.8. The van der Waals surface area contributed by atoms with Crippen molar-refractivity contribution in [1.29, 1.82) is 0 Å². The van der Waals surface area contributed by atoms with Gasteiger partial charge in [-0.3, -0.25) is 10.1 Å². The molecule has 0 aliphatic rings. The molecule has 0 heterocycles. The molecule has 2 rings (SSSR count). The Labute approximate surface area is 111 Å². The lowest BCUT2D eigenvalue weighted by molar-refractivity contribution is -0.384. The van der Waals surface area contributed by atoms with Crippen LogP contribution in [0.25, 0.3) is 11.1 Å².